The van der Waals surface area contributed by atoms with Gasteiger partial charge in [-0.2, -0.15) is 31.4 Å². The van der Waals surface area contributed by atoms with Crippen molar-refractivity contribution in [2.24, 2.45) is 7.05 Å². The number of pyridine rings is 1. The summed E-state index contributed by atoms with van der Waals surface area (Å²) in [6.07, 6.45) is -2.10. The average Bonchev–Trinajstić information content (AvgIpc) is 3.44. The summed E-state index contributed by atoms with van der Waals surface area (Å²) in [6.45, 7) is 2.63. The minimum absolute atomic E-state index is 0.867. The van der Waals surface area contributed by atoms with Gasteiger partial charge in [-0.25, -0.2) is 14.3 Å². The molecule has 0 fully saturated rings. The smallest absolute Gasteiger partial charge is 0.475 e. The largest absolute Gasteiger partial charge is 0.490 e. The minimum Gasteiger partial charge on any atom is -0.475 e. The molecule has 0 radical (unpaired) electrons. The Balaban J connectivity index is 0.000000276. The number of hydrogen-bond donors (Lipinski definition) is 2. The van der Waals surface area contributed by atoms with Crippen LogP contribution in [0.1, 0.15) is 16.8 Å². The SMILES string of the molecule is Cn1ccc2c1CN(Cc1cccnc1)Cc1cn(-c3ccccc3)nc1-2.O=C(O)C(F)(F)F.O=C(O)C(F)(F)F. The van der Waals surface area contributed by atoms with Crippen molar-refractivity contribution >= 4 is 11.9 Å². The van der Waals surface area contributed by atoms with Crippen LogP contribution in [0.5, 0.6) is 0 Å². The van der Waals surface area contributed by atoms with E-state index < -0.39 is 24.3 Å². The molecule has 0 saturated heterocycles. The molecule has 9 nitrogen and oxygen atoms in total. The van der Waals surface area contributed by atoms with Gasteiger partial charge in [0.25, 0.3) is 0 Å². The summed E-state index contributed by atoms with van der Waals surface area (Å²) in [5.74, 6) is -5.51. The van der Waals surface area contributed by atoms with Crippen LogP contribution in [-0.2, 0) is 36.3 Å². The number of fused-ring (bicyclic) bond motifs is 3. The van der Waals surface area contributed by atoms with Crippen molar-refractivity contribution in [2.45, 2.75) is 32.0 Å². The molecule has 0 aliphatic carbocycles. The summed E-state index contributed by atoms with van der Waals surface area (Å²) in [6, 6.07) is 16.6. The number of para-hydroxylation sites is 1. The van der Waals surface area contributed by atoms with Crippen molar-refractivity contribution in [3.63, 3.8) is 0 Å². The lowest BCUT2D eigenvalue weighted by atomic mass is 10.1. The molecule has 0 amide bonds. The molecule has 5 rings (SSSR count). The summed E-state index contributed by atoms with van der Waals surface area (Å²) in [5, 5.41) is 19.2. The molecule has 0 atom stereocenters. The number of halogens is 6. The maximum Gasteiger partial charge on any atom is 0.490 e. The highest BCUT2D eigenvalue weighted by Crippen LogP contribution is 2.33. The number of alkyl halides is 6. The number of aromatic nitrogens is 4. The number of rotatable bonds is 3. The molecule has 1 aromatic carbocycles. The average molecular weight is 583 g/mol. The van der Waals surface area contributed by atoms with Gasteiger partial charge < -0.3 is 14.8 Å². The summed E-state index contributed by atoms with van der Waals surface area (Å²) >= 11 is 0. The Labute approximate surface area is 228 Å². The summed E-state index contributed by atoms with van der Waals surface area (Å²) in [5.41, 5.74) is 7.19. The maximum absolute atomic E-state index is 10.6. The van der Waals surface area contributed by atoms with Gasteiger partial charge in [0.05, 0.1) is 11.4 Å². The lowest BCUT2D eigenvalue weighted by Crippen LogP contribution is -2.22. The van der Waals surface area contributed by atoms with Gasteiger partial charge in [0, 0.05) is 68.3 Å². The number of hydrogen-bond acceptors (Lipinski definition) is 5. The maximum atomic E-state index is 10.6. The highest BCUT2D eigenvalue weighted by Gasteiger charge is 2.38. The van der Waals surface area contributed by atoms with Crippen LogP contribution in [0.4, 0.5) is 26.3 Å². The fourth-order valence-corrected chi connectivity index (χ4v) is 3.81. The summed E-state index contributed by atoms with van der Waals surface area (Å²) < 4.78 is 67.7. The van der Waals surface area contributed by atoms with Crippen molar-refractivity contribution in [1.29, 1.82) is 0 Å². The predicted molar refractivity (Wildman–Crippen MR) is 133 cm³/mol. The van der Waals surface area contributed by atoms with Crippen LogP contribution in [0.2, 0.25) is 0 Å². The fourth-order valence-electron chi connectivity index (χ4n) is 3.81. The van der Waals surface area contributed by atoms with E-state index in [1.165, 1.54) is 22.4 Å². The van der Waals surface area contributed by atoms with E-state index in [-0.39, 0.29) is 0 Å². The standard InChI is InChI=1S/C22H21N5.2C2HF3O2/c1-25-11-9-20-21(25)16-26(13-17-6-5-10-23-12-17)14-18-15-27(24-22(18)20)19-7-3-2-4-8-19;2*3-2(4,5)1(6)7/h2-12,15H,13-14,16H2,1H3;2*(H,6,7). The fraction of sp³-hybridized carbons (Fsp3) is 0.231. The van der Waals surface area contributed by atoms with E-state index in [2.05, 4.69) is 58.2 Å². The number of carbonyl (C=O) groups is 2. The first-order valence-electron chi connectivity index (χ1n) is 11.7. The predicted octanol–water partition coefficient (Wildman–Crippen LogP) is 5.06. The first-order valence-corrected chi connectivity index (χ1v) is 11.7. The Kier molecular flexibility index (Phi) is 9.55. The highest BCUT2D eigenvalue weighted by atomic mass is 19.4. The van der Waals surface area contributed by atoms with E-state index in [1.807, 2.05) is 41.3 Å². The summed E-state index contributed by atoms with van der Waals surface area (Å²) in [4.78, 5) is 24.5. The first kappa shape index (κ1) is 30.9. The third-order valence-corrected chi connectivity index (χ3v) is 5.65. The molecule has 1 aliphatic rings. The van der Waals surface area contributed by atoms with Crippen molar-refractivity contribution in [2.75, 3.05) is 0 Å². The molecule has 0 saturated carbocycles. The molecule has 218 valence electrons. The highest BCUT2D eigenvalue weighted by molar-refractivity contribution is 5.73. The normalized spacial score (nSPS) is 13.0. The van der Waals surface area contributed by atoms with Gasteiger partial charge >= 0.3 is 24.3 Å². The van der Waals surface area contributed by atoms with Gasteiger partial charge in [0.2, 0.25) is 0 Å². The molecular formula is C26H23F6N5O4. The van der Waals surface area contributed by atoms with E-state index in [0.717, 1.165) is 31.0 Å². The number of aliphatic carboxylic acids is 2. The van der Waals surface area contributed by atoms with Crippen molar-refractivity contribution < 1.29 is 46.1 Å². The van der Waals surface area contributed by atoms with Crippen LogP contribution >= 0.6 is 0 Å². The van der Waals surface area contributed by atoms with E-state index >= 15 is 0 Å². The Hall–Kier alpha value is -4.66. The van der Waals surface area contributed by atoms with E-state index in [0.29, 0.717) is 0 Å². The summed E-state index contributed by atoms with van der Waals surface area (Å²) in [7, 11) is 2.11. The first-order chi connectivity index (χ1) is 19.2. The van der Waals surface area contributed by atoms with Crippen molar-refractivity contribution in [3.8, 4) is 16.9 Å². The topological polar surface area (TPSA) is 113 Å². The molecule has 2 N–H and O–H groups in total. The number of nitrogens with zero attached hydrogens (tertiary/aromatic N) is 5. The van der Waals surface area contributed by atoms with Gasteiger partial charge in [-0.1, -0.05) is 24.3 Å². The van der Waals surface area contributed by atoms with Crippen LogP contribution in [0.15, 0.2) is 73.3 Å². The van der Waals surface area contributed by atoms with Gasteiger partial charge in [-0.3, -0.25) is 9.88 Å². The molecule has 4 heterocycles. The van der Waals surface area contributed by atoms with Gasteiger partial charge in [0.1, 0.15) is 0 Å². The molecular weight excluding hydrogens is 560 g/mol. The zero-order valence-electron chi connectivity index (χ0n) is 21.3. The third kappa shape index (κ3) is 8.41. The Morgan fingerprint density at radius 1 is 0.902 bits per heavy atom. The number of benzene rings is 1. The monoisotopic (exact) mass is 583 g/mol. The minimum atomic E-state index is -5.08. The Morgan fingerprint density at radius 3 is 2.05 bits per heavy atom. The molecule has 4 aromatic rings. The lowest BCUT2D eigenvalue weighted by molar-refractivity contribution is -0.193. The number of carboxylic acids is 2. The molecule has 0 unspecified atom stereocenters. The molecule has 15 heteroatoms. The van der Waals surface area contributed by atoms with Crippen LogP contribution in [0, 0.1) is 0 Å². The second kappa shape index (κ2) is 12.7. The molecule has 0 spiro atoms. The van der Waals surface area contributed by atoms with E-state index in [9.17, 15) is 26.3 Å². The molecule has 41 heavy (non-hydrogen) atoms. The Morgan fingerprint density at radius 2 is 1.51 bits per heavy atom. The van der Waals surface area contributed by atoms with Gasteiger partial charge in [-0.05, 0) is 29.8 Å². The van der Waals surface area contributed by atoms with Gasteiger partial charge in [0.15, 0.2) is 0 Å². The second-order valence-corrected chi connectivity index (χ2v) is 8.68. The van der Waals surface area contributed by atoms with Crippen molar-refractivity contribution in [3.05, 3.63) is 90.1 Å². The zero-order valence-corrected chi connectivity index (χ0v) is 21.3. The zero-order chi connectivity index (χ0) is 30.4. The van der Waals surface area contributed by atoms with Crippen LogP contribution < -0.4 is 0 Å². The lowest BCUT2D eigenvalue weighted by Gasteiger charge is -2.21. The number of aryl methyl sites for hydroxylation is 1. The quantitative estimate of drug-likeness (QED) is 0.325. The molecule has 0 bridgehead atoms. The van der Waals surface area contributed by atoms with E-state index in [4.69, 9.17) is 24.9 Å². The van der Waals surface area contributed by atoms with Crippen LogP contribution in [-0.4, -0.2) is 58.7 Å². The third-order valence-electron chi connectivity index (χ3n) is 5.65. The van der Waals surface area contributed by atoms with Crippen molar-refractivity contribution in [1.82, 2.24) is 24.2 Å². The molecule has 1 aliphatic heterocycles. The Bertz CT molecular complexity index is 1440. The molecule has 3 aromatic heterocycles. The van der Waals surface area contributed by atoms with Crippen LogP contribution in [0.25, 0.3) is 16.9 Å². The van der Waals surface area contributed by atoms with Gasteiger partial charge in [-0.15, -0.1) is 0 Å². The van der Waals surface area contributed by atoms with Crippen LogP contribution in [0.3, 0.4) is 0 Å². The second-order valence-electron chi connectivity index (χ2n) is 8.68. The number of carboxylic acid groups (broad SMARTS) is 2. The van der Waals surface area contributed by atoms with E-state index in [1.54, 1.807) is 0 Å².